The highest BCUT2D eigenvalue weighted by atomic mass is 16.3. The number of fused-ring (bicyclic) bond motifs is 5. The van der Waals surface area contributed by atoms with Gasteiger partial charge in [-0.2, -0.15) is 0 Å². The summed E-state index contributed by atoms with van der Waals surface area (Å²) in [5.41, 5.74) is 0.475. The summed E-state index contributed by atoms with van der Waals surface area (Å²) in [6.07, 6.45) is 14.9. The predicted octanol–water partition coefficient (Wildman–Crippen LogP) is 5.56. The summed E-state index contributed by atoms with van der Waals surface area (Å²) in [6, 6.07) is 0. The molecule has 1 heteroatoms. The maximum atomic E-state index is 11.2. The Morgan fingerprint density at radius 3 is 2.41 bits per heavy atom. The van der Waals surface area contributed by atoms with Gasteiger partial charge in [0.05, 0.1) is 5.60 Å². The molecule has 4 aliphatic carbocycles. The van der Waals surface area contributed by atoms with Crippen molar-refractivity contribution < 1.29 is 5.11 Å². The Kier molecular flexibility index (Phi) is 3.50. The van der Waals surface area contributed by atoms with Crippen LogP contribution in [0.2, 0.25) is 0 Å². The van der Waals surface area contributed by atoms with E-state index in [1.54, 1.807) is 0 Å². The van der Waals surface area contributed by atoms with E-state index in [-0.39, 0.29) is 11.0 Å². The number of hydrogen-bond acceptors (Lipinski definition) is 1. The monoisotopic (exact) mass is 304 g/mol. The molecule has 1 nitrogen and oxygen atoms in total. The first kappa shape index (κ1) is 15.5. The summed E-state index contributed by atoms with van der Waals surface area (Å²) in [4.78, 5) is 0. The van der Waals surface area contributed by atoms with Crippen molar-refractivity contribution in [1.29, 1.82) is 0 Å². The second kappa shape index (κ2) is 4.98. The Labute approximate surface area is 137 Å². The maximum Gasteiger partial charge on any atom is 0.0701 e. The van der Waals surface area contributed by atoms with Gasteiger partial charge >= 0.3 is 0 Å². The molecule has 4 rings (SSSR count). The topological polar surface area (TPSA) is 20.2 Å². The van der Waals surface area contributed by atoms with Gasteiger partial charge in [-0.15, -0.1) is 0 Å². The van der Waals surface area contributed by atoms with Crippen LogP contribution in [0.1, 0.15) is 91.4 Å². The van der Waals surface area contributed by atoms with Gasteiger partial charge in [0.2, 0.25) is 0 Å². The van der Waals surface area contributed by atoms with Gasteiger partial charge in [0.1, 0.15) is 0 Å². The van der Waals surface area contributed by atoms with Crippen LogP contribution >= 0.6 is 0 Å². The molecule has 0 aliphatic heterocycles. The van der Waals surface area contributed by atoms with Crippen LogP contribution in [0.25, 0.3) is 0 Å². The molecule has 0 aromatic rings. The van der Waals surface area contributed by atoms with E-state index in [9.17, 15) is 5.11 Å². The van der Waals surface area contributed by atoms with Gasteiger partial charge in [-0.25, -0.2) is 0 Å². The Hall–Kier alpha value is -0.0400. The average molecular weight is 305 g/mol. The van der Waals surface area contributed by atoms with E-state index in [2.05, 4.69) is 20.8 Å². The second-order valence-electron chi connectivity index (χ2n) is 9.78. The van der Waals surface area contributed by atoms with Crippen molar-refractivity contribution in [2.75, 3.05) is 0 Å². The van der Waals surface area contributed by atoms with E-state index in [0.717, 1.165) is 36.5 Å². The van der Waals surface area contributed by atoms with Gasteiger partial charge in [-0.05, 0) is 92.3 Å². The lowest BCUT2D eigenvalue weighted by atomic mass is 9.44. The molecule has 4 aliphatic rings. The summed E-state index contributed by atoms with van der Waals surface area (Å²) in [6.45, 7) is 7.30. The van der Waals surface area contributed by atoms with Crippen molar-refractivity contribution in [3.63, 3.8) is 0 Å². The maximum absolute atomic E-state index is 11.2. The van der Waals surface area contributed by atoms with Crippen LogP contribution in [-0.2, 0) is 0 Å². The van der Waals surface area contributed by atoms with Crippen molar-refractivity contribution in [2.45, 2.75) is 97.0 Å². The van der Waals surface area contributed by atoms with Crippen LogP contribution in [0.5, 0.6) is 0 Å². The van der Waals surface area contributed by atoms with Crippen molar-refractivity contribution >= 4 is 0 Å². The number of hydrogen-bond donors (Lipinski definition) is 1. The average Bonchev–Trinajstić information content (AvgIpc) is 2.79. The van der Waals surface area contributed by atoms with Crippen molar-refractivity contribution in [3.8, 4) is 0 Å². The number of aliphatic hydroxyl groups is 1. The van der Waals surface area contributed by atoms with Crippen molar-refractivity contribution in [2.24, 2.45) is 34.5 Å². The lowest BCUT2D eigenvalue weighted by Gasteiger charge is -2.61. The van der Waals surface area contributed by atoms with E-state index in [4.69, 9.17) is 0 Å². The predicted molar refractivity (Wildman–Crippen MR) is 91.6 cm³/mol. The molecule has 0 heterocycles. The van der Waals surface area contributed by atoms with Crippen LogP contribution in [0.15, 0.2) is 0 Å². The van der Waals surface area contributed by atoms with E-state index in [1.165, 1.54) is 57.8 Å². The highest BCUT2D eigenvalue weighted by molar-refractivity contribution is 5.13. The Balaban J connectivity index is 1.65. The van der Waals surface area contributed by atoms with Crippen molar-refractivity contribution in [3.05, 3.63) is 0 Å². The molecule has 126 valence electrons. The van der Waals surface area contributed by atoms with Crippen LogP contribution < -0.4 is 0 Å². The first-order valence-electron chi connectivity index (χ1n) is 10.2. The normalized spacial score (nSPS) is 57.8. The highest BCUT2D eigenvalue weighted by Crippen LogP contribution is 2.68. The molecule has 7 atom stereocenters. The Bertz CT molecular complexity index is 443. The molecule has 0 saturated heterocycles. The fraction of sp³-hybridized carbons (Fsp3) is 1.00. The van der Waals surface area contributed by atoms with E-state index in [1.807, 2.05) is 0 Å². The minimum Gasteiger partial charge on any atom is -0.389 e. The van der Waals surface area contributed by atoms with Crippen LogP contribution in [-0.4, -0.2) is 10.7 Å². The molecule has 0 aromatic carbocycles. The number of rotatable bonds is 1. The van der Waals surface area contributed by atoms with Gasteiger partial charge in [0.15, 0.2) is 0 Å². The van der Waals surface area contributed by atoms with Crippen molar-refractivity contribution in [1.82, 2.24) is 0 Å². The Morgan fingerprint density at radius 1 is 0.864 bits per heavy atom. The lowest BCUT2D eigenvalue weighted by molar-refractivity contribution is -0.152. The molecule has 22 heavy (non-hydrogen) atoms. The summed E-state index contributed by atoms with van der Waals surface area (Å²) < 4.78 is 0. The summed E-state index contributed by atoms with van der Waals surface area (Å²) in [5, 5.41) is 11.2. The molecular formula is C21H36O. The minimum absolute atomic E-state index is 0.209. The van der Waals surface area contributed by atoms with Crippen LogP contribution in [0.3, 0.4) is 0 Å². The molecule has 0 radical (unpaired) electrons. The quantitative estimate of drug-likeness (QED) is 0.672. The first-order chi connectivity index (χ1) is 10.4. The molecule has 4 fully saturated rings. The van der Waals surface area contributed by atoms with Gasteiger partial charge in [-0.1, -0.05) is 33.6 Å². The SMILES string of the molecule is CC[C@@]1(O)CC[C@H]2[C@@H]3CC[C@H]4CCCC[C@]4(C)[C@H]3CC[C@@]21C. The van der Waals surface area contributed by atoms with E-state index >= 15 is 0 Å². The standard InChI is InChI=1S/C21H36O/c1-4-21(22)14-11-18-16-9-8-15-7-5-6-12-19(15,2)17(16)10-13-20(18,21)3/h15-18,22H,4-14H2,1-3H3/t15-,16-,17+,18+,19+,20+,21-/m1/s1. The minimum atomic E-state index is -0.368. The van der Waals surface area contributed by atoms with Gasteiger partial charge in [0, 0.05) is 0 Å². The van der Waals surface area contributed by atoms with E-state index in [0.29, 0.717) is 5.41 Å². The zero-order valence-corrected chi connectivity index (χ0v) is 15.0. The molecule has 0 bridgehead atoms. The summed E-state index contributed by atoms with van der Waals surface area (Å²) >= 11 is 0. The summed E-state index contributed by atoms with van der Waals surface area (Å²) in [5.74, 6) is 3.69. The fourth-order valence-electron chi connectivity index (χ4n) is 7.99. The highest BCUT2D eigenvalue weighted by Gasteiger charge is 2.63. The molecule has 0 unspecified atom stereocenters. The van der Waals surface area contributed by atoms with E-state index < -0.39 is 0 Å². The zero-order chi connectivity index (χ0) is 15.6. The largest absolute Gasteiger partial charge is 0.389 e. The molecule has 1 N–H and O–H groups in total. The third kappa shape index (κ3) is 1.81. The third-order valence-corrected chi connectivity index (χ3v) is 9.49. The lowest BCUT2D eigenvalue weighted by Crippen LogP contribution is -2.56. The fourth-order valence-corrected chi connectivity index (χ4v) is 7.99. The molecule has 0 spiro atoms. The smallest absolute Gasteiger partial charge is 0.0701 e. The molecular weight excluding hydrogens is 268 g/mol. The van der Waals surface area contributed by atoms with Crippen LogP contribution in [0, 0.1) is 34.5 Å². The van der Waals surface area contributed by atoms with Gasteiger partial charge < -0.3 is 5.11 Å². The Morgan fingerprint density at radius 2 is 1.64 bits per heavy atom. The second-order valence-corrected chi connectivity index (χ2v) is 9.78. The zero-order valence-electron chi connectivity index (χ0n) is 15.0. The first-order valence-corrected chi connectivity index (χ1v) is 10.2. The molecule has 0 aromatic heterocycles. The third-order valence-electron chi connectivity index (χ3n) is 9.49. The summed E-state index contributed by atoms with van der Waals surface area (Å²) in [7, 11) is 0. The molecule has 0 amide bonds. The van der Waals surface area contributed by atoms with Gasteiger partial charge in [0.25, 0.3) is 0 Å². The van der Waals surface area contributed by atoms with Crippen LogP contribution in [0.4, 0.5) is 0 Å². The molecule has 4 saturated carbocycles. The van der Waals surface area contributed by atoms with Gasteiger partial charge in [-0.3, -0.25) is 0 Å².